The van der Waals surface area contributed by atoms with Crippen LogP contribution in [-0.4, -0.2) is 30.0 Å². The maximum atomic E-state index is 11.9. The largest absolute Gasteiger partial charge is 0.256 e. The number of hydrogen-bond acceptors (Lipinski definition) is 3. The van der Waals surface area contributed by atoms with E-state index in [2.05, 4.69) is 20.9 Å². The number of aromatic nitrogens is 1. The average molecular weight is 341 g/mol. The fraction of sp³-hybridized carbons (Fsp3) is 0.308. The van der Waals surface area contributed by atoms with Crippen molar-refractivity contribution in [1.29, 1.82) is 0 Å². The average Bonchev–Trinajstić information content (AvgIpc) is 2.68. The molecule has 4 nitrogen and oxygen atoms in total. The van der Waals surface area contributed by atoms with E-state index in [9.17, 15) is 8.42 Å². The third-order valence-corrected chi connectivity index (χ3v) is 5.66. The minimum Gasteiger partial charge on any atom is -0.256 e. The van der Waals surface area contributed by atoms with Gasteiger partial charge in [0.2, 0.25) is 10.0 Å². The Labute approximate surface area is 120 Å². The summed E-state index contributed by atoms with van der Waals surface area (Å²) in [4.78, 5) is 4.37. The molecule has 1 aliphatic rings. The Morgan fingerprint density at radius 3 is 2.95 bits per heavy atom. The minimum atomic E-state index is -3.08. The van der Waals surface area contributed by atoms with E-state index < -0.39 is 10.0 Å². The SMILES string of the molecule is O=S1(=O)CCCN1Cc1cc(Br)cc2cccnc12. The molecule has 0 radical (unpaired) electrons. The van der Waals surface area contributed by atoms with Crippen LogP contribution in [0.25, 0.3) is 10.9 Å². The maximum absolute atomic E-state index is 11.9. The molecule has 19 heavy (non-hydrogen) atoms. The van der Waals surface area contributed by atoms with Gasteiger partial charge in [0.25, 0.3) is 0 Å². The molecule has 1 aromatic heterocycles. The van der Waals surface area contributed by atoms with Crippen LogP contribution in [0.3, 0.4) is 0 Å². The van der Waals surface area contributed by atoms with Crippen LogP contribution >= 0.6 is 15.9 Å². The zero-order chi connectivity index (χ0) is 13.5. The second-order valence-electron chi connectivity index (χ2n) is 4.64. The van der Waals surface area contributed by atoms with E-state index in [4.69, 9.17) is 0 Å². The number of pyridine rings is 1. The second-order valence-corrected chi connectivity index (χ2v) is 7.65. The first-order valence-electron chi connectivity index (χ1n) is 6.07. The summed E-state index contributed by atoms with van der Waals surface area (Å²) in [6.07, 6.45) is 2.44. The number of sulfonamides is 1. The summed E-state index contributed by atoms with van der Waals surface area (Å²) < 4.78 is 26.3. The molecule has 1 fully saturated rings. The van der Waals surface area contributed by atoms with Crippen LogP contribution in [0.2, 0.25) is 0 Å². The summed E-state index contributed by atoms with van der Waals surface area (Å²) in [5, 5.41) is 1.02. The van der Waals surface area contributed by atoms with Gasteiger partial charge in [0.15, 0.2) is 0 Å². The molecule has 1 aliphatic heterocycles. The number of nitrogens with zero attached hydrogens (tertiary/aromatic N) is 2. The van der Waals surface area contributed by atoms with Crippen molar-refractivity contribution >= 4 is 36.9 Å². The van der Waals surface area contributed by atoms with Gasteiger partial charge in [-0.2, -0.15) is 4.31 Å². The first-order chi connectivity index (χ1) is 9.06. The monoisotopic (exact) mass is 340 g/mol. The minimum absolute atomic E-state index is 0.256. The Kier molecular flexibility index (Phi) is 3.32. The van der Waals surface area contributed by atoms with Crippen LogP contribution < -0.4 is 0 Å². The van der Waals surface area contributed by atoms with Gasteiger partial charge in [0.05, 0.1) is 11.3 Å². The smallest absolute Gasteiger partial charge is 0.214 e. The van der Waals surface area contributed by atoms with Crippen molar-refractivity contribution in [3.05, 3.63) is 40.5 Å². The van der Waals surface area contributed by atoms with Gasteiger partial charge in [0.1, 0.15) is 0 Å². The predicted molar refractivity (Wildman–Crippen MR) is 78.3 cm³/mol. The van der Waals surface area contributed by atoms with E-state index in [1.165, 1.54) is 0 Å². The Bertz CT molecular complexity index is 731. The molecule has 2 aromatic rings. The van der Waals surface area contributed by atoms with E-state index in [1.807, 2.05) is 24.3 Å². The molecule has 1 aromatic carbocycles. The number of fused-ring (bicyclic) bond motifs is 1. The molecule has 0 unspecified atom stereocenters. The molecule has 2 heterocycles. The van der Waals surface area contributed by atoms with Gasteiger partial charge in [0, 0.05) is 29.1 Å². The Hall–Kier alpha value is -0.980. The summed E-state index contributed by atoms with van der Waals surface area (Å²) >= 11 is 3.47. The lowest BCUT2D eigenvalue weighted by molar-refractivity contribution is 0.441. The lowest BCUT2D eigenvalue weighted by Crippen LogP contribution is -2.25. The summed E-state index contributed by atoms with van der Waals surface area (Å²) in [6.45, 7) is 0.998. The highest BCUT2D eigenvalue weighted by atomic mass is 79.9. The van der Waals surface area contributed by atoms with Crippen molar-refractivity contribution in [2.45, 2.75) is 13.0 Å². The van der Waals surface area contributed by atoms with Crippen LogP contribution in [0.15, 0.2) is 34.9 Å². The predicted octanol–water partition coefficient (Wildman–Crippen LogP) is 2.53. The standard InChI is InChI=1S/C13H13BrN2O2S/c14-12-7-10-3-1-4-15-13(10)11(8-12)9-16-5-2-6-19(16,17)18/h1,3-4,7-8H,2,5-6,9H2. The number of hydrogen-bond donors (Lipinski definition) is 0. The van der Waals surface area contributed by atoms with Crippen molar-refractivity contribution in [1.82, 2.24) is 9.29 Å². The quantitative estimate of drug-likeness (QED) is 0.844. The topological polar surface area (TPSA) is 50.3 Å². The second kappa shape index (κ2) is 4.85. The molecular formula is C13H13BrN2O2S. The van der Waals surface area contributed by atoms with Crippen LogP contribution in [0.4, 0.5) is 0 Å². The van der Waals surface area contributed by atoms with Crippen molar-refractivity contribution in [3.63, 3.8) is 0 Å². The van der Waals surface area contributed by atoms with Gasteiger partial charge >= 0.3 is 0 Å². The van der Waals surface area contributed by atoms with E-state index in [-0.39, 0.29) is 5.75 Å². The van der Waals surface area contributed by atoms with Crippen LogP contribution in [0.5, 0.6) is 0 Å². The van der Waals surface area contributed by atoms with Gasteiger partial charge < -0.3 is 0 Å². The van der Waals surface area contributed by atoms with E-state index in [0.29, 0.717) is 19.5 Å². The first kappa shape index (κ1) is 13.0. The zero-order valence-electron chi connectivity index (χ0n) is 10.2. The summed E-state index contributed by atoms with van der Waals surface area (Å²) in [5.74, 6) is 0.256. The number of halogens is 1. The van der Waals surface area contributed by atoms with Crippen LogP contribution in [-0.2, 0) is 16.6 Å². The molecule has 0 saturated carbocycles. The maximum Gasteiger partial charge on any atom is 0.214 e. The Morgan fingerprint density at radius 2 is 2.21 bits per heavy atom. The van der Waals surface area contributed by atoms with Crippen LogP contribution in [0, 0.1) is 0 Å². The van der Waals surface area contributed by atoms with Crippen molar-refractivity contribution in [2.75, 3.05) is 12.3 Å². The zero-order valence-corrected chi connectivity index (χ0v) is 12.6. The van der Waals surface area contributed by atoms with E-state index in [1.54, 1.807) is 10.5 Å². The summed E-state index contributed by atoms with van der Waals surface area (Å²) in [6, 6.07) is 7.80. The van der Waals surface area contributed by atoms with Gasteiger partial charge in [-0.15, -0.1) is 0 Å². The summed E-state index contributed by atoms with van der Waals surface area (Å²) in [7, 11) is -3.08. The molecule has 0 spiro atoms. The first-order valence-corrected chi connectivity index (χ1v) is 8.47. The molecule has 100 valence electrons. The molecular weight excluding hydrogens is 328 g/mol. The molecule has 6 heteroatoms. The van der Waals surface area contributed by atoms with Crippen LogP contribution in [0.1, 0.15) is 12.0 Å². The summed E-state index contributed by atoms with van der Waals surface area (Å²) in [5.41, 5.74) is 1.81. The third-order valence-electron chi connectivity index (χ3n) is 3.30. The highest BCUT2D eigenvalue weighted by Crippen LogP contribution is 2.26. The number of benzene rings is 1. The lowest BCUT2D eigenvalue weighted by atomic mass is 10.1. The lowest BCUT2D eigenvalue weighted by Gasteiger charge is -2.15. The van der Waals surface area contributed by atoms with Crippen molar-refractivity contribution in [3.8, 4) is 0 Å². The Balaban J connectivity index is 2.05. The fourth-order valence-corrected chi connectivity index (χ4v) is 4.43. The molecule has 0 amide bonds. The normalized spacial score (nSPS) is 19.0. The fourth-order valence-electron chi connectivity index (χ4n) is 2.41. The van der Waals surface area contributed by atoms with Gasteiger partial charge in [-0.3, -0.25) is 4.98 Å². The van der Waals surface area contributed by atoms with E-state index >= 15 is 0 Å². The van der Waals surface area contributed by atoms with Crippen molar-refractivity contribution in [2.24, 2.45) is 0 Å². The molecule has 0 atom stereocenters. The Morgan fingerprint density at radius 1 is 1.37 bits per heavy atom. The van der Waals surface area contributed by atoms with Gasteiger partial charge in [-0.05, 0) is 30.2 Å². The molecule has 3 rings (SSSR count). The highest BCUT2D eigenvalue weighted by Gasteiger charge is 2.28. The van der Waals surface area contributed by atoms with Crippen molar-refractivity contribution < 1.29 is 8.42 Å². The number of rotatable bonds is 2. The van der Waals surface area contributed by atoms with Gasteiger partial charge in [-0.1, -0.05) is 22.0 Å². The van der Waals surface area contributed by atoms with Gasteiger partial charge in [-0.25, -0.2) is 8.42 Å². The van der Waals surface area contributed by atoms with E-state index in [0.717, 1.165) is 20.9 Å². The highest BCUT2D eigenvalue weighted by molar-refractivity contribution is 9.10. The molecule has 0 N–H and O–H groups in total. The third kappa shape index (κ3) is 2.52. The molecule has 0 aliphatic carbocycles. The molecule has 1 saturated heterocycles. The molecule has 0 bridgehead atoms.